The molecule has 0 saturated carbocycles. The lowest BCUT2D eigenvalue weighted by Gasteiger charge is -2.45. The Hall–Kier alpha value is -1.50. The molecule has 1 unspecified atom stereocenters. The molecule has 0 amide bonds. The number of anilines is 1. The van der Waals surface area contributed by atoms with Crippen LogP contribution < -0.4 is 10.0 Å². The van der Waals surface area contributed by atoms with Crippen molar-refractivity contribution in [3.05, 3.63) is 52.4 Å². The number of nitrogens with zero attached hydrogens (tertiary/aromatic N) is 3. The zero-order valence-electron chi connectivity index (χ0n) is 17.3. The fourth-order valence-corrected chi connectivity index (χ4v) is 5.72. The molecule has 29 heavy (non-hydrogen) atoms. The predicted octanol–water partition coefficient (Wildman–Crippen LogP) is 4.16. The fraction of sp³-hybridized carbons (Fsp3) is 0.545. The van der Waals surface area contributed by atoms with Crippen molar-refractivity contribution in [3.8, 4) is 0 Å². The number of nitrogens with two attached hydrogens (primary N) is 1. The first-order valence-corrected chi connectivity index (χ1v) is 11.8. The minimum Gasteiger partial charge on any atom is -0.355 e. The number of halogens is 1. The van der Waals surface area contributed by atoms with Gasteiger partial charge in [-0.1, -0.05) is 35.9 Å². The number of hydrogen-bond donors (Lipinski definition) is 1. The van der Waals surface area contributed by atoms with E-state index in [1.54, 1.807) is 6.20 Å². The second-order valence-electron chi connectivity index (χ2n) is 9.14. The van der Waals surface area contributed by atoms with Gasteiger partial charge in [0.15, 0.2) is 0 Å². The van der Waals surface area contributed by atoms with E-state index < -0.39 is 15.7 Å². The summed E-state index contributed by atoms with van der Waals surface area (Å²) < 4.78 is 11.8. The maximum absolute atomic E-state index is 12.2. The second kappa shape index (κ2) is 7.64. The highest BCUT2D eigenvalue weighted by atomic mass is 35.5. The molecule has 0 bridgehead atoms. The minimum absolute atomic E-state index is 0.185. The zero-order chi connectivity index (χ0) is 20.8. The molecule has 2 heterocycles. The fourth-order valence-electron chi connectivity index (χ4n) is 5.21. The van der Waals surface area contributed by atoms with E-state index in [-0.39, 0.29) is 5.41 Å². The topological polar surface area (TPSA) is 72.1 Å². The summed E-state index contributed by atoms with van der Waals surface area (Å²) >= 11 is 5.98. The molecule has 1 fully saturated rings. The van der Waals surface area contributed by atoms with Crippen molar-refractivity contribution in [3.63, 3.8) is 0 Å². The molecule has 2 N–H and O–H groups in total. The first-order chi connectivity index (χ1) is 13.7. The van der Waals surface area contributed by atoms with E-state index in [4.69, 9.17) is 16.7 Å². The van der Waals surface area contributed by atoms with Gasteiger partial charge in [-0.2, -0.15) is 0 Å². The van der Waals surface area contributed by atoms with Gasteiger partial charge in [0, 0.05) is 13.1 Å². The lowest BCUT2D eigenvalue weighted by Crippen LogP contribution is -2.45. The van der Waals surface area contributed by atoms with E-state index in [1.807, 2.05) is 20.8 Å². The molecule has 2 aliphatic rings. The molecule has 1 spiro atoms. The van der Waals surface area contributed by atoms with Gasteiger partial charge in [-0.3, -0.25) is 5.14 Å². The van der Waals surface area contributed by atoms with E-state index in [9.17, 15) is 4.21 Å². The molecular weight excluding hydrogens is 404 g/mol. The Morgan fingerprint density at radius 1 is 1.31 bits per heavy atom. The average Bonchev–Trinajstić information content (AvgIpc) is 2.95. The minimum atomic E-state index is -1.35. The SMILES string of the molecule is Cc1nc(Cl)cnc1N1CCC2(CC1)Cc1ccccc1[C@H]2CC(C)(C)S(N)=O. The van der Waals surface area contributed by atoms with E-state index >= 15 is 0 Å². The number of aryl methyl sites for hydroxylation is 1. The van der Waals surface area contributed by atoms with Crippen molar-refractivity contribution in [1.82, 2.24) is 9.97 Å². The number of piperidine rings is 1. The van der Waals surface area contributed by atoms with Crippen molar-refractivity contribution in [2.45, 2.75) is 57.1 Å². The third kappa shape index (κ3) is 3.82. The van der Waals surface area contributed by atoms with Crippen LogP contribution in [-0.4, -0.2) is 32.0 Å². The van der Waals surface area contributed by atoms with Crippen LogP contribution in [0.4, 0.5) is 5.82 Å². The summed E-state index contributed by atoms with van der Waals surface area (Å²) in [6, 6.07) is 8.76. The first kappa shape index (κ1) is 20.8. The van der Waals surface area contributed by atoms with E-state index in [2.05, 4.69) is 39.1 Å². The van der Waals surface area contributed by atoms with Gasteiger partial charge in [-0.25, -0.2) is 14.2 Å². The van der Waals surface area contributed by atoms with Crippen molar-refractivity contribution in [2.75, 3.05) is 18.0 Å². The number of benzene rings is 1. The van der Waals surface area contributed by atoms with E-state index in [1.165, 1.54) is 11.1 Å². The van der Waals surface area contributed by atoms with Crippen LogP contribution in [0.5, 0.6) is 0 Å². The maximum Gasteiger partial charge on any atom is 0.150 e. The smallest absolute Gasteiger partial charge is 0.150 e. The molecule has 5 nitrogen and oxygen atoms in total. The zero-order valence-corrected chi connectivity index (χ0v) is 18.9. The van der Waals surface area contributed by atoms with Gasteiger partial charge < -0.3 is 4.90 Å². The summed E-state index contributed by atoms with van der Waals surface area (Å²) in [6.07, 6.45) is 5.70. The summed E-state index contributed by atoms with van der Waals surface area (Å²) in [7, 11) is -1.35. The number of fused-ring (bicyclic) bond motifs is 1. The Balaban J connectivity index is 1.60. The molecule has 156 valence electrons. The molecule has 4 rings (SSSR count). The Kier molecular flexibility index (Phi) is 5.47. The Morgan fingerprint density at radius 2 is 2.00 bits per heavy atom. The van der Waals surface area contributed by atoms with Crippen LogP contribution in [0.3, 0.4) is 0 Å². The Bertz CT molecular complexity index is 940. The standard InChI is InChI=1S/C22H29ClN4OS/c1-15-20(25-14-19(23)26-15)27-10-8-22(9-11-27)12-16-6-4-5-7-17(16)18(22)13-21(2,3)29(24)28/h4-7,14,18H,8-13,24H2,1-3H3/t18-,29?/m1/s1. The molecule has 1 saturated heterocycles. The van der Waals surface area contributed by atoms with Crippen LogP contribution in [0.15, 0.2) is 30.5 Å². The first-order valence-electron chi connectivity index (χ1n) is 10.2. The summed E-state index contributed by atoms with van der Waals surface area (Å²) in [4.78, 5) is 11.2. The monoisotopic (exact) mass is 432 g/mol. The number of hydrogen-bond acceptors (Lipinski definition) is 4. The van der Waals surface area contributed by atoms with Crippen molar-refractivity contribution in [2.24, 2.45) is 10.6 Å². The molecule has 1 aliphatic heterocycles. The lowest BCUT2D eigenvalue weighted by atomic mass is 9.66. The molecule has 1 aliphatic carbocycles. The van der Waals surface area contributed by atoms with Crippen molar-refractivity contribution < 1.29 is 4.21 Å². The highest BCUT2D eigenvalue weighted by molar-refractivity contribution is 7.84. The van der Waals surface area contributed by atoms with Crippen LogP contribution in [0.25, 0.3) is 0 Å². The van der Waals surface area contributed by atoms with Crippen LogP contribution in [0.2, 0.25) is 5.15 Å². The quantitative estimate of drug-likeness (QED) is 0.787. The molecular formula is C22H29ClN4OS. The van der Waals surface area contributed by atoms with E-state index in [0.717, 1.165) is 50.3 Å². The van der Waals surface area contributed by atoms with Crippen LogP contribution in [0.1, 0.15) is 55.8 Å². The molecule has 0 radical (unpaired) electrons. The molecule has 2 aromatic rings. The highest BCUT2D eigenvalue weighted by Crippen LogP contribution is 2.56. The summed E-state index contributed by atoms with van der Waals surface area (Å²) in [6.45, 7) is 7.90. The third-order valence-electron chi connectivity index (χ3n) is 6.90. The highest BCUT2D eigenvalue weighted by Gasteiger charge is 2.49. The van der Waals surface area contributed by atoms with Crippen LogP contribution in [-0.2, 0) is 17.4 Å². The van der Waals surface area contributed by atoms with Crippen molar-refractivity contribution in [1.29, 1.82) is 0 Å². The maximum atomic E-state index is 12.2. The van der Waals surface area contributed by atoms with Crippen LogP contribution >= 0.6 is 11.6 Å². The summed E-state index contributed by atoms with van der Waals surface area (Å²) in [5.74, 6) is 1.31. The van der Waals surface area contributed by atoms with E-state index in [0.29, 0.717) is 11.1 Å². The van der Waals surface area contributed by atoms with Gasteiger partial charge >= 0.3 is 0 Å². The second-order valence-corrected chi connectivity index (χ2v) is 11.2. The van der Waals surface area contributed by atoms with Gasteiger partial charge in [0.25, 0.3) is 0 Å². The van der Waals surface area contributed by atoms with Gasteiger partial charge in [-0.05, 0) is 68.9 Å². The van der Waals surface area contributed by atoms with Gasteiger partial charge in [-0.15, -0.1) is 0 Å². The summed E-state index contributed by atoms with van der Waals surface area (Å²) in [5, 5.41) is 6.28. The molecule has 1 aromatic carbocycles. The number of rotatable bonds is 4. The normalized spacial score (nSPS) is 22.0. The average molecular weight is 433 g/mol. The third-order valence-corrected chi connectivity index (χ3v) is 8.34. The molecule has 1 aromatic heterocycles. The molecule has 7 heteroatoms. The number of aromatic nitrogens is 2. The molecule has 2 atom stereocenters. The predicted molar refractivity (Wildman–Crippen MR) is 120 cm³/mol. The largest absolute Gasteiger partial charge is 0.355 e. The van der Waals surface area contributed by atoms with Gasteiger partial charge in [0.2, 0.25) is 0 Å². The van der Waals surface area contributed by atoms with Gasteiger partial charge in [0.1, 0.15) is 11.0 Å². The Labute approximate surface area is 180 Å². The lowest BCUT2D eigenvalue weighted by molar-refractivity contribution is 0.170. The Morgan fingerprint density at radius 3 is 2.66 bits per heavy atom. The van der Waals surface area contributed by atoms with Crippen LogP contribution in [0, 0.1) is 12.3 Å². The van der Waals surface area contributed by atoms with Gasteiger partial charge in [0.05, 0.1) is 27.6 Å². The van der Waals surface area contributed by atoms with Crippen molar-refractivity contribution >= 4 is 28.4 Å². The summed E-state index contributed by atoms with van der Waals surface area (Å²) in [5.41, 5.74) is 3.92.